The van der Waals surface area contributed by atoms with Gasteiger partial charge in [0.2, 0.25) is 0 Å². The van der Waals surface area contributed by atoms with Gasteiger partial charge in [0.05, 0.1) is 7.11 Å². The quantitative estimate of drug-likeness (QED) is 0.270. The van der Waals surface area contributed by atoms with Gasteiger partial charge in [0, 0.05) is 18.0 Å². The summed E-state index contributed by atoms with van der Waals surface area (Å²) in [4.78, 5) is 11.9. The summed E-state index contributed by atoms with van der Waals surface area (Å²) in [5.74, 6) is -0.151. The van der Waals surface area contributed by atoms with Gasteiger partial charge in [-0.05, 0) is 25.1 Å². The summed E-state index contributed by atoms with van der Waals surface area (Å²) in [5, 5.41) is 23.5. The van der Waals surface area contributed by atoms with Gasteiger partial charge in [-0.2, -0.15) is 0 Å². The number of benzene rings is 1. The highest BCUT2D eigenvalue weighted by atomic mass is 16.5. The van der Waals surface area contributed by atoms with Gasteiger partial charge >= 0.3 is 0 Å². The fraction of sp³-hybridized carbons (Fsp3) is 0.333. The van der Waals surface area contributed by atoms with Gasteiger partial charge in [0.1, 0.15) is 5.84 Å². The molecule has 1 unspecified atom stereocenters. The summed E-state index contributed by atoms with van der Waals surface area (Å²) in [6, 6.07) is 4.04. The molecule has 0 radical (unpaired) electrons. The van der Waals surface area contributed by atoms with Crippen molar-refractivity contribution in [3.05, 3.63) is 23.8 Å². The maximum absolute atomic E-state index is 11.9. The average molecular weight is 267 g/mol. The summed E-state index contributed by atoms with van der Waals surface area (Å²) in [6.07, 6.45) is 0.227. The smallest absolute Gasteiger partial charge is 0.251 e. The first-order valence-corrected chi connectivity index (χ1v) is 5.62. The number of phenols is 1. The number of amidine groups is 1. The maximum atomic E-state index is 11.9. The lowest BCUT2D eigenvalue weighted by molar-refractivity contribution is 0.0940. The van der Waals surface area contributed by atoms with E-state index in [-0.39, 0.29) is 30.0 Å². The molecule has 19 heavy (non-hydrogen) atoms. The van der Waals surface area contributed by atoms with Crippen LogP contribution >= 0.6 is 0 Å². The van der Waals surface area contributed by atoms with E-state index in [0.717, 1.165) is 0 Å². The van der Waals surface area contributed by atoms with E-state index < -0.39 is 0 Å². The number of ether oxygens (including phenoxy) is 1. The van der Waals surface area contributed by atoms with Crippen LogP contribution in [0, 0.1) is 0 Å². The molecule has 1 aromatic rings. The number of hydrogen-bond donors (Lipinski definition) is 4. The Balaban J connectivity index is 2.70. The zero-order valence-corrected chi connectivity index (χ0v) is 10.8. The molecule has 0 spiro atoms. The SMILES string of the molecule is COc1ccc(C(=O)NC(C)CC(N)=NO)cc1O. The van der Waals surface area contributed by atoms with Crippen LogP contribution in [0.1, 0.15) is 23.7 Å². The first-order valence-electron chi connectivity index (χ1n) is 5.62. The number of rotatable bonds is 5. The van der Waals surface area contributed by atoms with Crippen molar-refractivity contribution in [3.63, 3.8) is 0 Å². The van der Waals surface area contributed by atoms with Crippen LogP contribution < -0.4 is 15.8 Å². The van der Waals surface area contributed by atoms with Crippen LogP contribution in [0.15, 0.2) is 23.4 Å². The first kappa shape index (κ1) is 14.6. The summed E-state index contributed by atoms with van der Waals surface area (Å²) >= 11 is 0. The lowest BCUT2D eigenvalue weighted by Gasteiger charge is -2.13. The predicted molar refractivity (Wildman–Crippen MR) is 69.6 cm³/mol. The molecule has 1 aromatic carbocycles. The van der Waals surface area contributed by atoms with Gasteiger partial charge in [-0.1, -0.05) is 5.16 Å². The monoisotopic (exact) mass is 267 g/mol. The van der Waals surface area contributed by atoms with Crippen LogP contribution in [0.25, 0.3) is 0 Å². The van der Waals surface area contributed by atoms with Crippen molar-refractivity contribution in [3.8, 4) is 11.5 Å². The summed E-state index contributed by atoms with van der Waals surface area (Å²) < 4.78 is 4.89. The van der Waals surface area contributed by atoms with Crippen molar-refractivity contribution in [1.29, 1.82) is 0 Å². The van der Waals surface area contributed by atoms with Crippen molar-refractivity contribution in [1.82, 2.24) is 5.32 Å². The zero-order chi connectivity index (χ0) is 14.4. The number of nitrogens with zero attached hydrogens (tertiary/aromatic N) is 1. The average Bonchev–Trinajstić information content (AvgIpc) is 2.38. The first-order chi connectivity index (χ1) is 8.97. The molecule has 7 heteroatoms. The van der Waals surface area contributed by atoms with Crippen LogP contribution in [0.5, 0.6) is 11.5 Å². The number of carbonyl (C=O) groups excluding carboxylic acids is 1. The molecular weight excluding hydrogens is 250 g/mol. The Morgan fingerprint density at radius 2 is 2.26 bits per heavy atom. The number of nitrogens with one attached hydrogen (secondary N) is 1. The van der Waals surface area contributed by atoms with Crippen LogP contribution in [0.3, 0.4) is 0 Å². The Bertz CT molecular complexity index is 488. The molecule has 104 valence electrons. The molecule has 0 saturated carbocycles. The summed E-state index contributed by atoms with van der Waals surface area (Å²) in [6.45, 7) is 1.72. The summed E-state index contributed by atoms with van der Waals surface area (Å²) in [5.41, 5.74) is 5.64. The van der Waals surface area contributed by atoms with E-state index in [4.69, 9.17) is 15.7 Å². The Labute approximate surface area is 110 Å². The van der Waals surface area contributed by atoms with Crippen molar-refractivity contribution >= 4 is 11.7 Å². The molecule has 0 saturated heterocycles. The molecule has 7 nitrogen and oxygen atoms in total. The fourth-order valence-electron chi connectivity index (χ4n) is 1.54. The number of amides is 1. The Morgan fingerprint density at radius 3 is 2.79 bits per heavy atom. The molecule has 1 amide bonds. The fourth-order valence-corrected chi connectivity index (χ4v) is 1.54. The van der Waals surface area contributed by atoms with E-state index >= 15 is 0 Å². The molecule has 0 bridgehead atoms. The Hall–Kier alpha value is -2.44. The molecule has 0 fully saturated rings. The number of carbonyl (C=O) groups is 1. The van der Waals surface area contributed by atoms with E-state index in [1.807, 2.05) is 0 Å². The molecule has 0 aliphatic rings. The molecule has 0 heterocycles. The number of oxime groups is 1. The van der Waals surface area contributed by atoms with E-state index in [1.165, 1.54) is 25.3 Å². The molecule has 0 aliphatic heterocycles. The minimum Gasteiger partial charge on any atom is -0.504 e. The number of nitrogens with two attached hydrogens (primary N) is 1. The maximum Gasteiger partial charge on any atom is 0.251 e. The Morgan fingerprint density at radius 1 is 1.58 bits per heavy atom. The third-order valence-electron chi connectivity index (χ3n) is 2.46. The van der Waals surface area contributed by atoms with Crippen LogP contribution in [0.2, 0.25) is 0 Å². The normalized spacial score (nSPS) is 12.8. The topological polar surface area (TPSA) is 117 Å². The van der Waals surface area contributed by atoms with E-state index in [2.05, 4.69) is 10.5 Å². The standard InChI is InChI=1S/C12H17N3O4/c1-7(5-11(13)15-18)14-12(17)8-3-4-10(19-2)9(16)6-8/h3-4,6-7,16,18H,5H2,1-2H3,(H2,13,15)(H,14,17). The van der Waals surface area contributed by atoms with Gasteiger partial charge in [-0.25, -0.2) is 0 Å². The molecule has 0 aliphatic carbocycles. The highest BCUT2D eigenvalue weighted by Gasteiger charge is 2.13. The lowest BCUT2D eigenvalue weighted by atomic mass is 10.1. The predicted octanol–water partition coefficient (Wildman–Crippen LogP) is 0.656. The molecule has 1 atom stereocenters. The van der Waals surface area contributed by atoms with E-state index in [9.17, 15) is 9.90 Å². The van der Waals surface area contributed by atoms with E-state index in [1.54, 1.807) is 6.92 Å². The number of phenolic OH excluding ortho intramolecular Hbond substituents is 1. The second kappa shape index (κ2) is 6.48. The number of methoxy groups -OCH3 is 1. The molecular formula is C12H17N3O4. The summed E-state index contributed by atoms with van der Waals surface area (Å²) in [7, 11) is 1.42. The minimum absolute atomic E-state index is 0.0328. The lowest BCUT2D eigenvalue weighted by Crippen LogP contribution is -2.35. The largest absolute Gasteiger partial charge is 0.504 e. The van der Waals surface area contributed by atoms with Crippen LogP contribution in [-0.2, 0) is 0 Å². The zero-order valence-electron chi connectivity index (χ0n) is 10.8. The third kappa shape index (κ3) is 4.06. The minimum atomic E-state index is -0.365. The van der Waals surface area contributed by atoms with Gasteiger partial charge in [0.25, 0.3) is 5.91 Å². The van der Waals surface area contributed by atoms with Gasteiger partial charge in [-0.3, -0.25) is 4.79 Å². The van der Waals surface area contributed by atoms with Crippen molar-refractivity contribution in [2.75, 3.05) is 7.11 Å². The number of aromatic hydroxyl groups is 1. The van der Waals surface area contributed by atoms with Gasteiger partial charge < -0.3 is 26.1 Å². The third-order valence-corrected chi connectivity index (χ3v) is 2.46. The molecule has 1 rings (SSSR count). The number of hydrogen-bond acceptors (Lipinski definition) is 5. The Kier molecular flexibility index (Phi) is 4.99. The van der Waals surface area contributed by atoms with Crippen molar-refractivity contribution in [2.45, 2.75) is 19.4 Å². The molecule has 0 aromatic heterocycles. The van der Waals surface area contributed by atoms with Crippen LogP contribution in [-0.4, -0.2) is 35.2 Å². The second-order valence-electron chi connectivity index (χ2n) is 4.06. The van der Waals surface area contributed by atoms with Crippen molar-refractivity contribution in [2.24, 2.45) is 10.9 Å². The van der Waals surface area contributed by atoms with Crippen molar-refractivity contribution < 1.29 is 19.8 Å². The second-order valence-corrected chi connectivity index (χ2v) is 4.06. The van der Waals surface area contributed by atoms with Gasteiger partial charge in [-0.15, -0.1) is 0 Å². The highest BCUT2D eigenvalue weighted by Crippen LogP contribution is 2.26. The van der Waals surface area contributed by atoms with Crippen LogP contribution in [0.4, 0.5) is 0 Å². The highest BCUT2D eigenvalue weighted by molar-refractivity contribution is 5.95. The van der Waals surface area contributed by atoms with Gasteiger partial charge in [0.15, 0.2) is 11.5 Å². The van der Waals surface area contributed by atoms with E-state index in [0.29, 0.717) is 11.3 Å². The molecule has 5 N–H and O–H groups in total.